The molecular weight excluding hydrogens is 469 g/mol. The fraction of sp³-hybridized carbons (Fsp3) is 0.185. The molecule has 174 valence electrons. The summed E-state index contributed by atoms with van der Waals surface area (Å²) in [6.07, 6.45) is 4.22. The van der Waals surface area contributed by atoms with Crippen LogP contribution in [0.15, 0.2) is 66.7 Å². The quantitative estimate of drug-likeness (QED) is 0.308. The second-order valence-electron chi connectivity index (χ2n) is 8.14. The molecule has 0 bridgehead atoms. The van der Waals surface area contributed by atoms with Crippen LogP contribution >= 0.6 is 24.0 Å². The molecule has 5 nitrogen and oxygen atoms in total. The number of nitrogens with zero attached hydrogens (tertiary/aromatic N) is 1. The van der Waals surface area contributed by atoms with Crippen molar-refractivity contribution in [2.24, 2.45) is 0 Å². The lowest BCUT2D eigenvalue weighted by atomic mass is 9.92. The molecule has 0 spiro atoms. The molecule has 1 heterocycles. The maximum atomic E-state index is 12.8. The molecule has 1 aromatic heterocycles. The number of aryl methyl sites for hydroxylation is 1. The zero-order chi connectivity index (χ0) is 22.8. The van der Waals surface area contributed by atoms with Crippen LogP contribution in [0, 0.1) is 0 Å². The third kappa shape index (κ3) is 4.81. The average Bonchev–Trinajstić information content (AvgIpc) is 2.84. The highest BCUT2D eigenvalue weighted by molar-refractivity contribution is 6.31. The molecule has 0 fully saturated rings. The number of pyridine rings is 1. The topological polar surface area (TPSA) is 63.2 Å². The molecule has 0 saturated heterocycles. The first-order chi connectivity index (χ1) is 16.1. The van der Waals surface area contributed by atoms with Crippen molar-refractivity contribution in [1.82, 2.24) is 4.98 Å². The minimum absolute atomic E-state index is 0. The van der Waals surface area contributed by atoms with Crippen LogP contribution in [0.25, 0.3) is 10.9 Å². The number of ether oxygens (including phenoxy) is 1. The van der Waals surface area contributed by atoms with Crippen LogP contribution in [0.4, 0.5) is 17.1 Å². The summed E-state index contributed by atoms with van der Waals surface area (Å²) >= 11 is 6.05. The minimum Gasteiger partial charge on any atom is -0.495 e. The fourth-order valence-corrected chi connectivity index (χ4v) is 4.55. The van der Waals surface area contributed by atoms with E-state index in [-0.39, 0.29) is 18.3 Å². The molecule has 3 aromatic carbocycles. The molecule has 2 N–H and O–H groups in total. The van der Waals surface area contributed by atoms with Gasteiger partial charge in [0.2, 0.25) is 0 Å². The normalized spacial score (nSPS) is 12.4. The van der Waals surface area contributed by atoms with Crippen LogP contribution in [0.3, 0.4) is 0 Å². The summed E-state index contributed by atoms with van der Waals surface area (Å²) in [7, 11) is 1.67. The molecule has 0 aliphatic heterocycles. The summed E-state index contributed by atoms with van der Waals surface area (Å²) in [5, 5.41) is 8.10. The Morgan fingerprint density at radius 1 is 1.00 bits per heavy atom. The first kappa shape index (κ1) is 23.9. The van der Waals surface area contributed by atoms with Crippen LogP contribution in [-0.4, -0.2) is 18.0 Å². The largest absolute Gasteiger partial charge is 0.495 e. The molecule has 1 amide bonds. The SMILES string of the molecule is COc1ccccc1Nc1c2c(nc3ccc(NC(=O)c4cccc(Cl)c4)cc13)CCCC2.Cl. The van der Waals surface area contributed by atoms with E-state index in [4.69, 9.17) is 21.3 Å². The molecule has 0 unspecified atom stereocenters. The van der Waals surface area contributed by atoms with Crippen molar-refractivity contribution in [3.8, 4) is 5.75 Å². The summed E-state index contributed by atoms with van der Waals surface area (Å²) in [6.45, 7) is 0. The van der Waals surface area contributed by atoms with Gasteiger partial charge in [-0.2, -0.15) is 0 Å². The molecular formula is C27H25Cl2N3O2. The number of hydrogen-bond donors (Lipinski definition) is 2. The highest BCUT2D eigenvalue weighted by Crippen LogP contribution is 2.38. The highest BCUT2D eigenvalue weighted by atomic mass is 35.5. The Kier molecular flexibility index (Phi) is 7.25. The number of nitrogens with one attached hydrogen (secondary N) is 2. The number of amides is 1. The van der Waals surface area contributed by atoms with Crippen molar-refractivity contribution in [1.29, 1.82) is 0 Å². The maximum absolute atomic E-state index is 12.8. The van der Waals surface area contributed by atoms with E-state index in [2.05, 4.69) is 10.6 Å². The lowest BCUT2D eigenvalue weighted by Crippen LogP contribution is -2.12. The van der Waals surface area contributed by atoms with Gasteiger partial charge in [0.15, 0.2) is 0 Å². The van der Waals surface area contributed by atoms with Crippen molar-refractivity contribution < 1.29 is 9.53 Å². The summed E-state index contributed by atoms with van der Waals surface area (Å²) in [5.74, 6) is 0.569. The number of anilines is 3. The van der Waals surface area contributed by atoms with Crippen molar-refractivity contribution in [2.75, 3.05) is 17.7 Å². The monoisotopic (exact) mass is 493 g/mol. The number of carbonyl (C=O) groups excluding carboxylic acids is 1. The Balaban J connectivity index is 0.00000274. The Labute approximate surface area is 209 Å². The number of aromatic nitrogens is 1. The van der Waals surface area contributed by atoms with E-state index in [1.54, 1.807) is 31.4 Å². The van der Waals surface area contributed by atoms with Gasteiger partial charge < -0.3 is 15.4 Å². The summed E-state index contributed by atoms with van der Waals surface area (Å²) in [6, 6.07) is 20.6. The third-order valence-corrected chi connectivity index (χ3v) is 6.21. The number of hydrogen-bond acceptors (Lipinski definition) is 4. The second-order valence-corrected chi connectivity index (χ2v) is 8.58. The molecule has 0 atom stereocenters. The number of fused-ring (bicyclic) bond motifs is 2. The van der Waals surface area contributed by atoms with Crippen LogP contribution in [0.5, 0.6) is 5.75 Å². The predicted molar refractivity (Wildman–Crippen MR) is 141 cm³/mol. The van der Waals surface area contributed by atoms with Crippen molar-refractivity contribution in [3.05, 3.63) is 88.6 Å². The van der Waals surface area contributed by atoms with E-state index >= 15 is 0 Å². The Bertz CT molecular complexity index is 1360. The lowest BCUT2D eigenvalue weighted by molar-refractivity contribution is 0.102. The summed E-state index contributed by atoms with van der Waals surface area (Å²) in [5.41, 5.74) is 6.41. The van der Waals surface area contributed by atoms with Gasteiger partial charge in [0.05, 0.1) is 24.0 Å². The molecule has 34 heavy (non-hydrogen) atoms. The Hall–Kier alpha value is -3.28. The molecule has 5 rings (SSSR count). The Morgan fingerprint density at radius 2 is 1.82 bits per heavy atom. The zero-order valence-electron chi connectivity index (χ0n) is 18.7. The van der Waals surface area contributed by atoms with E-state index in [9.17, 15) is 4.79 Å². The van der Waals surface area contributed by atoms with Gasteiger partial charge in [-0.1, -0.05) is 29.8 Å². The smallest absolute Gasteiger partial charge is 0.255 e. The van der Waals surface area contributed by atoms with Gasteiger partial charge in [0.1, 0.15) is 5.75 Å². The number of rotatable bonds is 5. The fourth-order valence-electron chi connectivity index (χ4n) is 4.36. The minimum atomic E-state index is -0.206. The van der Waals surface area contributed by atoms with Crippen molar-refractivity contribution in [2.45, 2.75) is 25.7 Å². The first-order valence-electron chi connectivity index (χ1n) is 11.0. The highest BCUT2D eigenvalue weighted by Gasteiger charge is 2.20. The predicted octanol–water partition coefficient (Wildman–Crippen LogP) is 7.19. The van der Waals surface area contributed by atoms with Gasteiger partial charge in [-0.05, 0) is 79.8 Å². The van der Waals surface area contributed by atoms with Crippen LogP contribution in [-0.2, 0) is 12.8 Å². The van der Waals surface area contributed by atoms with Crippen molar-refractivity contribution in [3.63, 3.8) is 0 Å². The second kappa shape index (κ2) is 10.3. The number of methoxy groups -OCH3 is 1. The Morgan fingerprint density at radius 3 is 2.65 bits per heavy atom. The van der Waals surface area contributed by atoms with Gasteiger partial charge in [-0.3, -0.25) is 9.78 Å². The molecule has 7 heteroatoms. The van der Waals surface area contributed by atoms with Crippen molar-refractivity contribution >= 4 is 57.9 Å². The standard InChI is InChI=1S/C27H24ClN3O2.ClH/c1-33-25-12-5-4-11-24(25)31-26-20-9-2-3-10-22(20)30-23-14-13-19(16-21(23)26)29-27(32)17-7-6-8-18(28)15-17;/h4-8,11-16H,2-3,9-10H2,1H3,(H,29,32)(H,30,31);1H. The van der Waals surface area contributed by atoms with Gasteiger partial charge >= 0.3 is 0 Å². The van der Waals surface area contributed by atoms with Crippen LogP contribution in [0.1, 0.15) is 34.5 Å². The number of para-hydroxylation sites is 2. The number of benzene rings is 3. The van der Waals surface area contributed by atoms with E-state index < -0.39 is 0 Å². The summed E-state index contributed by atoms with van der Waals surface area (Å²) in [4.78, 5) is 17.7. The maximum Gasteiger partial charge on any atom is 0.255 e. The van der Waals surface area contributed by atoms with E-state index in [1.807, 2.05) is 42.5 Å². The molecule has 1 aliphatic carbocycles. The lowest BCUT2D eigenvalue weighted by Gasteiger charge is -2.23. The van der Waals surface area contributed by atoms with E-state index in [0.29, 0.717) is 16.3 Å². The zero-order valence-corrected chi connectivity index (χ0v) is 20.3. The van der Waals surface area contributed by atoms with Crippen LogP contribution in [0.2, 0.25) is 5.02 Å². The number of halogens is 2. The van der Waals surface area contributed by atoms with Gasteiger partial charge in [0, 0.05) is 27.4 Å². The molecule has 1 aliphatic rings. The summed E-state index contributed by atoms with van der Waals surface area (Å²) < 4.78 is 5.56. The van der Waals surface area contributed by atoms with Gasteiger partial charge in [-0.15, -0.1) is 12.4 Å². The number of carbonyl (C=O) groups is 1. The molecule has 4 aromatic rings. The van der Waals surface area contributed by atoms with Crippen LogP contribution < -0.4 is 15.4 Å². The first-order valence-corrected chi connectivity index (χ1v) is 11.4. The van der Waals surface area contributed by atoms with E-state index in [1.165, 1.54) is 5.56 Å². The third-order valence-electron chi connectivity index (χ3n) is 5.97. The molecule has 0 radical (unpaired) electrons. The van der Waals surface area contributed by atoms with Gasteiger partial charge in [0.25, 0.3) is 5.91 Å². The molecule has 0 saturated carbocycles. The van der Waals surface area contributed by atoms with E-state index in [0.717, 1.165) is 59.4 Å². The van der Waals surface area contributed by atoms with Gasteiger partial charge in [-0.25, -0.2) is 0 Å². The average molecular weight is 494 g/mol.